The summed E-state index contributed by atoms with van der Waals surface area (Å²) in [5, 5.41) is -0.257. The molecule has 0 bridgehead atoms. The van der Waals surface area contributed by atoms with E-state index < -0.39 is 17.4 Å². The second kappa shape index (κ2) is 14.8. The Balaban J connectivity index is 2.56. The molecule has 1 aromatic carbocycles. The number of hydrogen-bond donors (Lipinski definition) is 0. The number of esters is 1. The molecule has 0 aromatic heterocycles. The van der Waals surface area contributed by atoms with Gasteiger partial charge in [-0.15, -0.1) is 11.8 Å². The minimum absolute atomic E-state index is 0.142. The quantitative estimate of drug-likeness (QED) is 0.127. The van der Waals surface area contributed by atoms with Gasteiger partial charge in [-0.25, -0.2) is 0 Å². The van der Waals surface area contributed by atoms with Crippen LogP contribution in [-0.2, 0) is 13.6 Å². The smallest absolute Gasteiger partial charge is 0.319 e. The van der Waals surface area contributed by atoms with Gasteiger partial charge in [-0.3, -0.25) is 4.79 Å². The van der Waals surface area contributed by atoms with E-state index in [0.717, 1.165) is 34.6 Å². The average molecular weight is 503 g/mol. The van der Waals surface area contributed by atoms with Gasteiger partial charge in [-0.1, -0.05) is 68.2 Å². The van der Waals surface area contributed by atoms with E-state index in [2.05, 4.69) is 45.2 Å². The van der Waals surface area contributed by atoms with Crippen LogP contribution in [0.5, 0.6) is 0 Å². The maximum Gasteiger partial charge on any atom is 0.319 e. The van der Waals surface area contributed by atoms with Crippen molar-refractivity contribution in [2.75, 3.05) is 12.4 Å². The Hall–Kier alpha value is -0.126. The molecule has 0 saturated carbocycles. The number of carbonyl (C=O) groups is 1. The average Bonchev–Trinajstić information content (AvgIpc) is 2.68. The monoisotopic (exact) mass is 502 g/mol. The fraction of sp³-hybridized carbons (Fsp3) is 0.636. The molecule has 1 rings (SSSR count). The lowest BCUT2D eigenvalue weighted by Crippen LogP contribution is -2.35. The highest BCUT2D eigenvalue weighted by atomic mass is 32.2. The van der Waals surface area contributed by atoms with Gasteiger partial charge < -0.3 is 8.85 Å². The molecule has 0 aliphatic heterocycles. The summed E-state index contributed by atoms with van der Waals surface area (Å²) in [4.78, 5) is 12.6. The Labute approximate surface area is 200 Å². The minimum Gasteiger partial charge on any atom is -0.465 e. The van der Waals surface area contributed by atoms with Gasteiger partial charge in [-0.05, 0) is 68.7 Å². The van der Waals surface area contributed by atoms with Crippen molar-refractivity contribution >= 4 is 62.6 Å². The first kappa shape index (κ1) is 27.9. The van der Waals surface area contributed by atoms with Crippen LogP contribution in [-0.4, -0.2) is 44.5 Å². The van der Waals surface area contributed by atoms with Crippen molar-refractivity contribution in [3.05, 3.63) is 35.9 Å². The van der Waals surface area contributed by atoms with Crippen molar-refractivity contribution in [1.29, 1.82) is 0 Å². The van der Waals surface area contributed by atoms with Crippen LogP contribution in [0.2, 0.25) is 32.2 Å². The predicted molar refractivity (Wildman–Crippen MR) is 144 cm³/mol. The van der Waals surface area contributed by atoms with E-state index >= 15 is 0 Å². The lowest BCUT2D eigenvalue weighted by atomic mass is 9.96. The van der Waals surface area contributed by atoms with E-state index in [1.165, 1.54) is 17.3 Å². The van der Waals surface area contributed by atoms with Crippen LogP contribution in [0.3, 0.4) is 0 Å². The van der Waals surface area contributed by atoms with Crippen LogP contribution >= 0.6 is 35.7 Å². The molecule has 2 atom stereocenters. The molecule has 0 saturated heterocycles. The molecule has 0 N–H and O–H groups in total. The normalized spacial score (nSPS) is 13.8. The zero-order valence-electron chi connectivity index (χ0n) is 19.3. The molecular weight excluding hydrogens is 465 g/mol. The first-order valence-electron chi connectivity index (χ1n) is 10.9. The van der Waals surface area contributed by atoms with Gasteiger partial charge in [0, 0.05) is 0 Å². The molecule has 8 heteroatoms. The molecule has 0 spiro atoms. The van der Waals surface area contributed by atoms with Crippen LogP contribution in [0.4, 0.5) is 0 Å². The lowest BCUT2D eigenvalue weighted by Gasteiger charge is -2.25. The van der Waals surface area contributed by atoms with Crippen molar-refractivity contribution in [1.82, 2.24) is 0 Å². The first-order valence-corrected chi connectivity index (χ1v) is 19.0. The number of benzene rings is 1. The highest BCUT2D eigenvalue weighted by molar-refractivity contribution is 8.47. The van der Waals surface area contributed by atoms with Gasteiger partial charge in [0.2, 0.25) is 0 Å². The highest BCUT2D eigenvalue weighted by Crippen LogP contribution is 2.32. The standard InChI is InChI=1S/C22H38O3S3Si2/c1-7-14-24-21(23)20(17-18(2)19-12-9-8-10-13-19)28-22(26)27-15-11-16-30(5,6)25-29(3)4/h8-10,12-13,18,20,29H,7,11,14-17H2,1-6H3. The third kappa shape index (κ3) is 12.0. The highest BCUT2D eigenvalue weighted by Gasteiger charge is 2.26. The Morgan fingerprint density at radius 2 is 1.90 bits per heavy atom. The summed E-state index contributed by atoms with van der Waals surface area (Å²) in [7, 11) is -2.51. The molecule has 3 nitrogen and oxygen atoms in total. The topological polar surface area (TPSA) is 35.5 Å². The molecule has 2 unspecified atom stereocenters. The maximum absolute atomic E-state index is 12.6. The molecular formula is C22H38O3S3Si2. The van der Waals surface area contributed by atoms with E-state index in [0.29, 0.717) is 6.61 Å². The Bertz CT molecular complexity index is 642. The summed E-state index contributed by atoms with van der Waals surface area (Å²) in [6, 6.07) is 11.5. The van der Waals surface area contributed by atoms with Crippen LogP contribution in [0.25, 0.3) is 0 Å². The maximum atomic E-state index is 12.6. The number of carbonyl (C=O) groups excluding carboxylic acids is 1. The summed E-state index contributed by atoms with van der Waals surface area (Å²) >= 11 is 8.81. The number of thiocarbonyl (C=S) groups is 1. The van der Waals surface area contributed by atoms with Crippen LogP contribution < -0.4 is 0 Å². The number of rotatable bonds is 13. The zero-order valence-corrected chi connectivity index (χ0v) is 23.9. The van der Waals surface area contributed by atoms with Crippen LogP contribution in [0.1, 0.15) is 44.6 Å². The number of hydrogen-bond acceptors (Lipinski definition) is 6. The second-order valence-corrected chi connectivity index (χ2v) is 19.0. The molecule has 0 aliphatic carbocycles. The largest absolute Gasteiger partial charge is 0.465 e. The number of ether oxygens (including phenoxy) is 1. The summed E-state index contributed by atoms with van der Waals surface area (Å²) in [6.07, 6.45) is 2.67. The van der Waals surface area contributed by atoms with Crippen molar-refractivity contribution < 1.29 is 13.6 Å². The first-order chi connectivity index (χ1) is 14.1. The fourth-order valence-corrected chi connectivity index (χ4v) is 12.8. The SMILES string of the molecule is CCCOC(=O)C(CC(C)c1ccccc1)SC(=S)SCCC[Si](C)(C)O[SiH](C)C. The van der Waals surface area contributed by atoms with E-state index in [1.807, 2.05) is 25.1 Å². The molecule has 0 amide bonds. The van der Waals surface area contributed by atoms with Crippen molar-refractivity contribution in [3.8, 4) is 0 Å². The van der Waals surface area contributed by atoms with Gasteiger partial charge in [0.15, 0.2) is 17.4 Å². The van der Waals surface area contributed by atoms with Crippen molar-refractivity contribution in [2.45, 2.75) is 76.5 Å². The Kier molecular flexibility index (Phi) is 13.8. The molecule has 30 heavy (non-hydrogen) atoms. The zero-order chi connectivity index (χ0) is 22.6. The van der Waals surface area contributed by atoms with Crippen molar-refractivity contribution in [2.24, 2.45) is 0 Å². The van der Waals surface area contributed by atoms with Gasteiger partial charge in [0.25, 0.3) is 0 Å². The third-order valence-corrected chi connectivity index (χ3v) is 13.5. The lowest BCUT2D eigenvalue weighted by molar-refractivity contribution is -0.143. The molecule has 0 aliphatic rings. The van der Waals surface area contributed by atoms with E-state index in [4.69, 9.17) is 21.1 Å². The minimum atomic E-state index is -1.54. The molecule has 0 fully saturated rings. The summed E-state index contributed by atoms with van der Waals surface area (Å²) in [5.41, 5.74) is 1.24. The third-order valence-electron chi connectivity index (χ3n) is 4.58. The van der Waals surface area contributed by atoms with E-state index in [1.54, 1.807) is 11.8 Å². The summed E-state index contributed by atoms with van der Waals surface area (Å²) < 4.78 is 12.5. The van der Waals surface area contributed by atoms with Crippen LogP contribution in [0.15, 0.2) is 30.3 Å². The van der Waals surface area contributed by atoms with Gasteiger partial charge in [0.05, 0.1) is 6.61 Å². The predicted octanol–water partition coefficient (Wildman–Crippen LogP) is 6.85. The molecule has 0 heterocycles. The van der Waals surface area contributed by atoms with E-state index in [9.17, 15) is 4.79 Å². The second-order valence-electron chi connectivity index (χ2n) is 8.45. The molecule has 0 radical (unpaired) electrons. The van der Waals surface area contributed by atoms with Crippen LogP contribution in [0, 0.1) is 0 Å². The van der Waals surface area contributed by atoms with Crippen molar-refractivity contribution in [3.63, 3.8) is 0 Å². The molecule has 170 valence electrons. The van der Waals surface area contributed by atoms with Gasteiger partial charge in [-0.2, -0.15) is 0 Å². The molecule has 1 aromatic rings. The summed E-state index contributed by atoms with van der Waals surface area (Å²) in [5.74, 6) is 1.11. The van der Waals surface area contributed by atoms with E-state index in [-0.39, 0.29) is 17.1 Å². The van der Waals surface area contributed by atoms with Gasteiger partial charge >= 0.3 is 5.97 Å². The Morgan fingerprint density at radius 3 is 2.50 bits per heavy atom. The Morgan fingerprint density at radius 1 is 1.23 bits per heavy atom. The van der Waals surface area contributed by atoms with Gasteiger partial charge in [0.1, 0.15) is 8.78 Å². The number of thioether (sulfide) groups is 2. The summed E-state index contributed by atoms with van der Waals surface area (Å²) in [6.45, 7) is 13.7. The fourth-order valence-electron chi connectivity index (χ4n) is 3.23.